The van der Waals surface area contributed by atoms with Gasteiger partial charge in [0.1, 0.15) is 0 Å². The monoisotopic (exact) mass is 142 g/mol. The van der Waals surface area contributed by atoms with Crippen LogP contribution < -0.4 is 0 Å². The minimum atomic E-state index is 0.226. The summed E-state index contributed by atoms with van der Waals surface area (Å²) in [7, 11) is 0. The maximum Gasteiger partial charge on any atom is 0.0976 e. The molecule has 1 aliphatic rings. The average molecular weight is 142 g/mol. The second-order valence-electron chi connectivity index (χ2n) is 3.33. The van der Waals surface area contributed by atoms with E-state index in [0.29, 0.717) is 0 Å². The Morgan fingerprint density at radius 2 is 2.30 bits per heavy atom. The molecule has 1 aliphatic heterocycles. The van der Waals surface area contributed by atoms with Crippen LogP contribution >= 0.6 is 0 Å². The highest BCUT2D eigenvalue weighted by Gasteiger charge is 2.28. The van der Waals surface area contributed by atoms with Gasteiger partial charge in [0.2, 0.25) is 0 Å². The molecule has 0 aromatic heterocycles. The van der Waals surface area contributed by atoms with E-state index in [-0.39, 0.29) is 5.54 Å². The molecule has 0 saturated carbocycles. The van der Waals surface area contributed by atoms with Gasteiger partial charge in [-0.25, -0.2) is 0 Å². The van der Waals surface area contributed by atoms with E-state index in [0.717, 1.165) is 19.7 Å². The van der Waals surface area contributed by atoms with Gasteiger partial charge in [0.15, 0.2) is 0 Å². The number of hydrogen-bond donors (Lipinski definition) is 0. The molecule has 59 valence electrons. The smallest absolute Gasteiger partial charge is 0.0976 e. The molecule has 10 heavy (non-hydrogen) atoms. The maximum atomic E-state index is 5.25. The molecule has 0 aromatic carbocycles. The van der Waals surface area contributed by atoms with Gasteiger partial charge in [-0.3, -0.25) is 4.90 Å². The molecule has 0 aliphatic carbocycles. The lowest BCUT2D eigenvalue weighted by Gasteiger charge is -2.41. The molecule has 2 nitrogen and oxygen atoms in total. The molecule has 0 unspecified atom stereocenters. The molecular formula is C8H16NO. The van der Waals surface area contributed by atoms with E-state index in [4.69, 9.17) is 4.74 Å². The molecule has 0 spiro atoms. The van der Waals surface area contributed by atoms with Gasteiger partial charge in [-0.05, 0) is 20.4 Å². The van der Waals surface area contributed by atoms with E-state index in [2.05, 4.69) is 25.7 Å². The van der Waals surface area contributed by atoms with Gasteiger partial charge in [-0.15, -0.1) is 0 Å². The van der Waals surface area contributed by atoms with Crippen LogP contribution in [0.1, 0.15) is 20.8 Å². The highest BCUT2D eigenvalue weighted by Crippen LogP contribution is 2.19. The van der Waals surface area contributed by atoms with Crippen LogP contribution in [0.15, 0.2) is 0 Å². The summed E-state index contributed by atoms with van der Waals surface area (Å²) in [5, 5.41) is 0. The van der Waals surface area contributed by atoms with Crippen molar-refractivity contribution in [1.82, 2.24) is 4.90 Å². The van der Waals surface area contributed by atoms with Crippen LogP contribution in [0.3, 0.4) is 0 Å². The van der Waals surface area contributed by atoms with E-state index < -0.39 is 0 Å². The summed E-state index contributed by atoms with van der Waals surface area (Å²) in [6, 6.07) is 0. The lowest BCUT2D eigenvalue weighted by Crippen LogP contribution is -2.51. The molecule has 0 amide bonds. The Hall–Kier alpha value is -0.0800. The van der Waals surface area contributed by atoms with Crippen LogP contribution in [0.2, 0.25) is 0 Å². The van der Waals surface area contributed by atoms with Crippen LogP contribution in [0.5, 0.6) is 0 Å². The topological polar surface area (TPSA) is 12.5 Å². The van der Waals surface area contributed by atoms with Gasteiger partial charge in [0, 0.05) is 12.1 Å². The van der Waals surface area contributed by atoms with Crippen molar-refractivity contribution in [3.05, 3.63) is 6.61 Å². The van der Waals surface area contributed by atoms with E-state index >= 15 is 0 Å². The first-order valence-electron chi connectivity index (χ1n) is 3.85. The number of likely N-dealkylation sites (N-methyl/N-ethyl adjacent to an activating group) is 1. The number of ether oxygens (including phenoxy) is 1. The molecule has 0 N–H and O–H groups in total. The fourth-order valence-electron chi connectivity index (χ4n) is 1.30. The zero-order chi connectivity index (χ0) is 7.61. The van der Waals surface area contributed by atoms with Gasteiger partial charge in [-0.1, -0.05) is 6.92 Å². The van der Waals surface area contributed by atoms with Gasteiger partial charge in [0.05, 0.1) is 13.2 Å². The van der Waals surface area contributed by atoms with Crippen molar-refractivity contribution in [3.8, 4) is 0 Å². The van der Waals surface area contributed by atoms with E-state index in [1.807, 2.05) is 6.61 Å². The number of rotatable bonds is 1. The third kappa shape index (κ3) is 1.50. The molecule has 1 heterocycles. The number of morpholine rings is 1. The molecule has 0 atom stereocenters. The van der Waals surface area contributed by atoms with Crippen molar-refractivity contribution >= 4 is 0 Å². The summed E-state index contributed by atoms with van der Waals surface area (Å²) in [6.45, 7) is 11.4. The lowest BCUT2D eigenvalue weighted by atomic mass is 10.0. The average Bonchev–Trinajstić information content (AvgIpc) is 1.87. The lowest BCUT2D eigenvalue weighted by molar-refractivity contribution is -0.0140. The summed E-state index contributed by atoms with van der Waals surface area (Å²) in [5.41, 5.74) is 0.226. The maximum absolute atomic E-state index is 5.25. The first-order chi connectivity index (χ1) is 4.67. The molecule has 1 fully saturated rings. The molecule has 2 heteroatoms. The van der Waals surface area contributed by atoms with Crippen molar-refractivity contribution in [2.24, 2.45) is 0 Å². The summed E-state index contributed by atoms with van der Waals surface area (Å²) >= 11 is 0. The largest absolute Gasteiger partial charge is 0.372 e. The minimum absolute atomic E-state index is 0.226. The van der Waals surface area contributed by atoms with Crippen LogP contribution in [0.4, 0.5) is 0 Å². The SMILES string of the molecule is CCN1C[CH]OCC1(C)C. The third-order valence-corrected chi connectivity index (χ3v) is 2.09. The van der Waals surface area contributed by atoms with Gasteiger partial charge in [0.25, 0.3) is 0 Å². The third-order valence-electron chi connectivity index (χ3n) is 2.09. The second kappa shape index (κ2) is 2.89. The summed E-state index contributed by atoms with van der Waals surface area (Å²) in [4.78, 5) is 2.40. The van der Waals surface area contributed by atoms with Crippen molar-refractivity contribution in [1.29, 1.82) is 0 Å². The van der Waals surface area contributed by atoms with Crippen molar-refractivity contribution in [2.75, 3.05) is 19.7 Å². The van der Waals surface area contributed by atoms with E-state index in [1.165, 1.54) is 0 Å². The number of nitrogens with zero attached hydrogens (tertiary/aromatic N) is 1. The predicted molar refractivity (Wildman–Crippen MR) is 41.6 cm³/mol. The van der Waals surface area contributed by atoms with E-state index in [1.54, 1.807) is 0 Å². The van der Waals surface area contributed by atoms with Crippen molar-refractivity contribution in [3.63, 3.8) is 0 Å². The van der Waals surface area contributed by atoms with Crippen molar-refractivity contribution < 1.29 is 4.74 Å². The molecule has 0 aromatic rings. The predicted octanol–water partition coefficient (Wildman–Crippen LogP) is 1.28. The van der Waals surface area contributed by atoms with Crippen LogP contribution in [-0.2, 0) is 4.74 Å². The van der Waals surface area contributed by atoms with Crippen LogP contribution in [0, 0.1) is 6.61 Å². The quantitative estimate of drug-likeness (QED) is 0.547. The van der Waals surface area contributed by atoms with Gasteiger partial charge < -0.3 is 4.74 Å². The minimum Gasteiger partial charge on any atom is -0.372 e. The summed E-state index contributed by atoms with van der Waals surface area (Å²) in [5.74, 6) is 0. The Bertz CT molecular complexity index is 112. The molecule has 1 saturated heterocycles. The molecular weight excluding hydrogens is 126 g/mol. The van der Waals surface area contributed by atoms with Crippen molar-refractivity contribution in [2.45, 2.75) is 26.3 Å². The standard InChI is InChI=1S/C8H16NO/c1-4-9-5-6-10-7-8(9,2)3/h6H,4-5,7H2,1-3H3. The fourth-order valence-corrected chi connectivity index (χ4v) is 1.30. The highest BCUT2D eigenvalue weighted by molar-refractivity contribution is 4.86. The second-order valence-corrected chi connectivity index (χ2v) is 3.33. The summed E-state index contributed by atoms with van der Waals surface area (Å²) < 4.78 is 5.25. The summed E-state index contributed by atoms with van der Waals surface area (Å²) in [6.07, 6.45) is 0. The highest BCUT2D eigenvalue weighted by atomic mass is 16.5. The zero-order valence-electron chi connectivity index (χ0n) is 7.05. The Morgan fingerprint density at radius 1 is 1.60 bits per heavy atom. The Labute approximate surface area is 63.2 Å². The molecule has 1 rings (SSSR count). The Morgan fingerprint density at radius 3 is 2.70 bits per heavy atom. The zero-order valence-corrected chi connectivity index (χ0v) is 7.05. The first kappa shape index (κ1) is 8.02. The fraction of sp³-hybridized carbons (Fsp3) is 0.875. The van der Waals surface area contributed by atoms with Gasteiger partial charge in [-0.2, -0.15) is 0 Å². The molecule has 1 radical (unpaired) electrons. The normalized spacial score (nSPS) is 26.7. The molecule has 0 bridgehead atoms. The Balaban J connectivity index is 2.51. The first-order valence-corrected chi connectivity index (χ1v) is 3.85. The van der Waals surface area contributed by atoms with Gasteiger partial charge >= 0.3 is 0 Å². The van der Waals surface area contributed by atoms with E-state index in [9.17, 15) is 0 Å². The van der Waals surface area contributed by atoms with Crippen LogP contribution in [0.25, 0.3) is 0 Å². The van der Waals surface area contributed by atoms with Crippen LogP contribution in [-0.4, -0.2) is 30.1 Å². The Kier molecular flexibility index (Phi) is 2.32. The number of hydrogen-bond acceptors (Lipinski definition) is 2.